The maximum absolute atomic E-state index is 11.4. The average Bonchev–Trinajstić information content (AvgIpc) is 2.81. The monoisotopic (exact) mass is 249 g/mol. The first kappa shape index (κ1) is 12.3. The van der Waals surface area contributed by atoms with Gasteiger partial charge in [0, 0.05) is 24.9 Å². The molecule has 2 rings (SSSR count). The third kappa shape index (κ3) is 3.16. The molecule has 0 amide bonds. The average molecular weight is 249 g/mol. The first-order valence-corrected chi connectivity index (χ1v) is 5.75. The van der Waals surface area contributed by atoms with Gasteiger partial charge in [0.05, 0.1) is 0 Å². The van der Waals surface area contributed by atoms with Crippen LogP contribution in [0.25, 0.3) is 0 Å². The van der Waals surface area contributed by atoms with Gasteiger partial charge in [0.2, 0.25) is 6.39 Å². The summed E-state index contributed by atoms with van der Waals surface area (Å²) >= 11 is 0. The van der Waals surface area contributed by atoms with E-state index in [2.05, 4.69) is 29.9 Å². The molecule has 2 N–H and O–H groups in total. The van der Waals surface area contributed by atoms with Gasteiger partial charge in [0.1, 0.15) is 11.6 Å². The number of nitrogens with one attached hydrogen (secondary N) is 2. The van der Waals surface area contributed by atoms with Crippen molar-refractivity contribution in [3.63, 3.8) is 0 Å². The van der Waals surface area contributed by atoms with E-state index in [0.29, 0.717) is 30.4 Å². The van der Waals surface area contributed by atoms with E-state index < -0.39 is 0 Å². The third-order valence-electron chi connectivity index (χ3n) is 2.37. The second-order valence-corrected chi connectivity index (χ2v) is 4.19. The van der Waals surface area contributed by atoms with Crippen molar-refractivity contribution < 1.29 is 4.52 Å². The summed E-state index contributed by atoms with van der Waals surface area (Å²) in [6, 6.07) is 1.43. The van der Waals surface area contributed by atoms with Crippen molar-refractivity contribution in [2.45, 2.75) is 26.2 Å². The van der Waals surface area contributed by atoms with Crippen molar-refractivity contribution in [2.75, 3.05) is 11.9 Å². The standard InChI is InChI=1S/C11H15N5O2/c1-7(2)11-14-9(5-10(17)15-11)12-4-3-8-13-6-18-16-8/h5-7H,3-4H2,1-2H3,(H2,12,14,15,17). The quantitative estimate of drug-likeness (QED) is 0.818. The minimum Gasteiger partial charge on any atom is -0.369 e. The molecule has 2 aromatic rings. The van der Waals surface area contributed by atoms with Crippen LogP contribution in [0.1, 0.15) is 31.4 Å². The van der Waals surface area contributed by atoms with Gasteiger partial charge in [-0.1, -0.05) is 19.0 Å². The summed E-state index contributed by atoms with van der Waals surface area (Å²) in [5.41, 5.74) is -0.157. The molecule has 0 atom stereocenters. The molecular weight excluding hydrogens is 234 g/mol. The van der Waals surface area contributed by atoms with E-state index in [0.717, 1.165) is 0 Å². The largest absolute Gasteiger partial charge is 0.369 e. The number of nitrogens with zero attached hydrogens (tertiary/aromatic N) is 3. The Hall–Kier alpha value is -2.18. The number of aromatic amines is 1. The molecule has 0 aromatic carbocycles. The molecule has 0 radical (unpaired) electrons. The van der Waals surface area contributed by atoms with Gasteiger partial charge in [-0.05, 0) is 0 Å². The Balaban J connectivity index is 1.98. The Morgan fingerprint density at radius 1 is 1.50 bits per heavy atom. The smallest absolute Gasteiger partial charge is 0.252 e. The Kier molecular flexibility index (Phi) is 3.71. The van der Waals surface area contributed by atoms with Crippen molar-refractivity contribution >= 4 is 5.82 Å². The molecule has 7 heteroatoms. The first-order chi connectivity index (χ1) is 8.65. The van der Waals surface area contributed by atoms with Crippen molar-refractivity contribution in [3.05, 3.63) is 34.5 Å². The van der Waals surface area contributed by atoms with Gasteiger partial charge in [-0.15, -0.1) is 0 Å². The Bertz CT molecular complexity index is 547. The molecule has 0 saturated heterocycles. The van der Waals surface area contributed by atoms with Crippen molar-refractivity contribution in [3.8, 4) is 0 Å². The van der Waals surface area contributed by atoms with E-state index >= 15 is 0 Å². The van der Waals surface area contributed by atoms with Crippen LogP contribution in [-0.2, 0) is 6.42 Å². The highest BCUT2D eigenvalue weighted by atomic mass is 16.5. The molecule has 0 unspecified atom stereocenters. The number of anilines is 1. The maximum Gasteiger partial charge on any atom is 0.252 e. The summed E-state index contributed by atoms with van der Waals surface area (Å²) in [4.78, 5) is 22.4. The highest BCUT2D eigenvalue weighted by Gasteiger charge is 2.05. The van der Waals surface area contributed by atoms with E-state index in [1.165, 1.54) is 12.5 Å². The number of hydrogen-bond acceptors (Lipinski definition) is 6. The zero-order valence-corrected chi connectivity index (χ0v) is 10.3. The van der Waals surface area contributed by atoms with Gasteiger partial charge in [0.15, 0.2) is 5.82 Å². The van der Waals surface area contributed by atoms with E-state index in [-0.39, 0.29) is 11.5 Å². The van der Waals surface area contributed by atoms with Crippen LogP contribution in [0, 0.1) is 0 Å². The molecular formula is C11H15N5O2. The van der Waals surface area contributed by atoms with E-state index in [9.17, 15) is 4.79 Å². The summed E-state index contributed by atoms with van der Waals surface area (Å²) in [6.45, 7) is 4.54. The maximum atomic E-state index is 11.4. The van der Waals surface area contributed by atoms with Gasteiger partial charge >= 0.3 is 0 Å². The van der Waals surface area contributed by atoms with Crippen LogP contribution in [0.3, 0.4) is 0 Å². The topological polar surface area (TPSA) is 96.7 Å². The second kappa shape index (κ2) is 5.44. The molecule has 18 heavy (non-hydrogen) atoms. The van der Waals surface area contributed by atoms with Crippen LogP contribution in [0.4, 0.5) is 5.82 Å². The van der Waals surface area contributed by atoms with Crippen molar-refractivity contribution in [1.29, 1.82) is 0 Å². The summed E-state index contributed by atoms with van der Waals surface area (Å²) in [7, 11) is 0. The van der Waals surface area contributed by atoms with Gasteiger partial charge in [0.25, 0.3) is 5.56 Å². The second-order valence-electron chi connectivity index (χ2n) is 4.19. The molecule has 2 aromatic heterocycles. The molecule has 7 nitrogen and oxygen atoms in total. The molecule has 0 aliphatic heterocycles. The lowest BCUT2D eigenvalue weighted by molar-refractivity contribution is 0.410. The molecule has 0 saturated carbocycles. The fourth-order valence-corrected chi connectivity index (χ4v) is 1.45. The number of H-pyrrole nitrogens is 1. The Morgan fingerprint density at radius 3 is 3.00 bits per heavy atom. The summed E-state index contributed by atoms with van der Waals surface area (Å²) in [6.07, 6.45) is 1.90. The van der Waals surface area contributed by atoms with Crippen LogP contribution in [-0.4, -0.2) is 26.7 Å². The molecule has 96 valence electrons. The van der Waals surface area contributed by atoms with E-state index in [4.69, 9.17) is 0 Å². The zero-order valence-electron chi connectivity index (χ0n) is 10.3. The molecule has 2 heterocycles. The van der Waals surface area contributed by atoms with Gasteiger partial charge in [-0.25, -0.2) is 4.98 Å². The fourth-order valence-electron chi connectivity index (χ4n) is 1.45. The van der Waals surface area contributed by atoms with Gasteiger partial charge < -0.3 is 14.8 Å². The predicted molar refractivity (Wildman–Crippen MR) is 65.4 cm³/mol. The van der Waals surface area contributed by atoms with Gasteiger partial charge in [-0.2, -0.15) is 4.98 Å². The lowest BCUT2D eigenvalue weighted by atomic mass is 10.2. The van der Waals surface area contributed by atoms with E-state index in [1.54, 1.807) is 0 Å². The summed E-state index contributed by atoms with van der Waals surface area (Å²) in [5.74, 6) is 2.03. The first-order valence-electron chi connectivity index (χ1n) is 5.75. The molecule has 0 aliphatic rings. The third-order valence-corrected chi connectivity index (χ3v) is 2.37. The fraction of sp³-hybridized carbons (Fsp3) is 0.455. The van der Waals surface area contributed by atoms with Crippen LogP contribution in [0.5, 0.6) is 0 Å². The van der Waals surface area contributed by atoms with Crippen LogP contribution >= 0.6 is 0 Å². The van der Waals surface area contributed by atoms with Crippen LogP contribution in [0.2, 0.25) is 0 Å². The summed E-state index contributed by atoms with van der Waals surface area (Å²) in [5, 5.41) is 6.76. The highest BCUT2D eigenvalue weighted by Crippen LogP contribution is 2.08. The van der Waals surface area contributed by atoms with Gasteiger partial charge in [-0.3, -0.25) is 4.79 Å². The molecule has 0 aliphatic carbocycles. The van der Waals surface area contributed by atoms with Crippen LogP contribution in [0.15, 0.2) is 21.8 Å². The zero-order chi connectivity index (χ0) is 13.0. The number of aromatic nitrogens is 4. The van der Waals surface area contributed by atoms with Crippen LogP contribution < -0.4 is 10.9 Å². The normalized spacial score (nSPS) is 10.8. The molecule has 0 fully saturated rings. The van der Waals surface area contributed by atoms with Crippen molar-refractivity contribution in [2.24, 2.45) is 0 Å². The minimum absolute atomic E-state index is 0.157. The SMILES string of the molecule is CC(C)c1nc(NCCc2ncon2)cc(=O)[nH]1. The predicted octanol–water partition coefficient (Wildman–Crippen LogP) is 0.931. The van der Waals surface area contributed by atoms with Crippen molar-refractivity contribution in [1.82, 2.24) is 20.1 Å². The number of hydrogen-bond donors (Lipinski definition) is 2. The Labute approximate surface area is 104 Å². The van der Waals surface area contributed by atoms with E-state index in [1.807, 2.05) is 13.8 Å². The Morgan fingerprint density at radius 2 is 2.33 bits per heavy atom. The molecule has 0 spiro atoms. The lowest BCUT2D eigenvalue weighted by Crippen LogP contribution is -2.16. The minimum atomic E-state index is -0.157. The highest BCUT2D eigenvalue weighted by molar-refractivity contribution is 5.33. The molecule has 0 bridgehead atoms. The summed E-state index contributed by atoms with van der Waals surface area (Å²) < 4.78 is 4.63. The lowest BCUT2D eigenvalue weighted by Gasteiger charge is -2.07. The number of rotatable bonds is 5.